The molecule has 5 heteroatoms. The Morgan fingerprint density at radius 3 is 2.70 bits per heavy atom. The summed E-state index contributed by atoms with van der Waals surface area (Å²) in [5.41, 5.74) is 6.34. The number of ether oxygens (including phenoxy) is 1. The fraction of sp³-hybridized carbons (Fsp3) is 0.533. The van der Waals surface area contributed by atoms with E-state index in [-0.39, 0.29) is 5.82 Å². The number of thiocarbonyl (C=S) groups is 1. The zero-order valence-electron chi connectivity index (χ0n) is 11.8. The Kier molecular flexibility index (Phi) is 5.31. The fourth-order valence-corrected chi connectivity index (χ4v) is 2.95. The number of benzene rings is 1. The molecule has 0 atom stereocenters. The summed E-state index contributed by atoms with van der Waals surface area (Å²) in [5, 5.41) is 0. The summed E-state index contributed by atoms with van der Waals surface area (Å²) in [6.07, 6.45) is 4.73. The lowest BCUT2D eigenvalue weighted by Crippen LogP contribution is -2.39. The highest BCUT2D eigenvalue weighted by Crippen LogP contribution is 2.26. The lowest BCUT2D eigenvalue weighted by Gasteiger charge is -2.28. The molecule has 2 N–H and O–H groups in total. The summed E-state index contributed by atoms with van der Waals surface area (Å²) in [7, 11) is 1.53. The lowest BCUT2D eigenvalue weighted by molar-refractivity contribution is 0.216. The second-order valence-corrected chi connectivity index (χ2v) is 5.79. The van der Waals surface area contributed by atoms with Crippen molar-refractivity contribution in [2.24, 2.45) is 5.73 Å². The first-order chi connectivity index (χ1) is 9.60. The Labute approximate surface area is 124 Å². The van der Waals surface area contributed by atoms with Gasteiger partial charge in [0.1, 0.15) is 11.6 Å². The largest absolute Gasteiger partial charge is 0.497 e. The predicted molar refractivity (Wildman–Crippen MR) is 82.4 cm³/mol. The van der Waals surface area contributed by atoms with Crippen LogP contribution in [0.4, 0.5) is 4.39 Å². The van der Waals surface area contributed by atoms with Crippen molar-refractivity contribution in [3.63, 3.8) is 0 Å². The van der Waals surface area contributed by atoms with E-state index in [2.05, 4.69) is 4.90 Å². The zero-order chi connectivity index (χ0) is 14.5. The number of hydrogen-bond acceptors (Lipinski definition) is 3. The van der Waals surface area contributed by atoms with Crippen molar-refractivity contribution in [2.75, 3.05) is 13.7 Å². The molecule has 0 aliphatic heterocycles. The molecule has 0 unspecified atom stereocenters. The highest BCUT2D eigenvalue weighted by atomic mass is 32.1. The maximum Gasteiger partial charge on any atom is 0.131 e. The minimum atomic E-state index is -0.240. The second kappa shape index (κ2) is 6.99. The van der Waals surface area contributed by atoms with Gasteiger partial charge >= 0.3 is 0 Å². The molecule has 1 aromatic carbocycles. The van der Waals surface area contributed by atoms with Crippen molar-refractivity contribution in [1.29, 1.82) is 0 Å². The van der Waals surface area contributed by atoms with Crippen LogP contribution in [0.5, 0.6) is 5.75 Å². The van der Waals surface area contributed by atoms with Crippen LogP contribution in [-0.4, -0.2) is 29.6 Å². The molecule has 0 aromatic heterocycles. The molecule has 0 radical (unpaired) electrons. The number of nitrogens with zero attached hydrogens (tertiary/aromatic N) is 1. The van der Waals surface area contributed by atoms with Gasteiger partial charge in [-0.3, -0.25) is 4.90 Å². The van der Waals surface area contributed by atoms with Crippen LogP contribution in [0.1, 0.15) is 31.2 Å². The third-order valence-electron chi connectivity index (χ3n) is 3.83. The first kappa shape index (κ1) is 15.2. The van der Waals surface area contributed by atoms with Crippen molar-refractivity contribution in [1.82, 2.24) is 4.90 Å². The Bertz CT molecular complexity index is 475. The standard InChI is InChI=1S/C15H21FN2OS/c1-19-13-7-6-11(14(16)8-13)9-18(10-15(17)20)12-4-2-3-5-12/h6-8,12H,2-5,9-10H2,1H3,(H2,17,20). The van der Waals surface area contributed by atoms with Crippen molar-refractivity contribution in [3.05, 3.63) is 29.6 Å². The monoisotopic (exact) mass is 296 g/mol. The first-order valence-corrected chi connectivity index (χ1v) is 7.35. The van der Waals surface area contributed by atoms with E-state index < -0.39 is 0 Å². The zero-order valence-corrected chi connectivity index (χ0v) is 12.6. The fourth-order valence-electron chi connectivity index (χ4n) is 2.79. The molecule has 110 valence electrons. The van der Waals surface area contributed by atoms with E-state index in [1.807, 2.05) is 0 Å². The molecular formula is C15H21FN2OS. The van der Waals surface area contributed by atoms with Gasteiger partial charge in [-0.15, -0.1) is 0 Å². The third-order valence-corrected chi connectivity index (χ3v) is 3.96. The molecule has 1 saturated carbocycles. The Balaban J connectivity index is 2.11. The topological polar surface area (TPSA) is 38.5 Å². The van der Waals surface area contributed by atoms with E-state index in [9.17, 15) is 4.39 Å². The van der Waals surface area contributed by atoms with Crippen LogP contribution in [0.3, 0.4) is 0 Å². The van der Waals surface area contributed by atoms with Gasteiger partial charge in [0.05, 0.1) is 12.1 Å². The van der Waals surface area contributed by atoms with Gasteiger partial charge in [0.2, 0.25) is 0 Å². The van der Waals surface area contributed by atoms with E-state index in [0.717, 1.165) is 12.8 Å². The number of nitrogens with two attached hydrogens (primary N) is 1. The molecule has 0 saturated heterocycles. The molecule has 0 bridgehead atoms. The first-order valence-electron chi connectivity index (χ1n) is 6.95. The van der Waals surface area contributed by atoms with Crippen LogP contribution in [-0.2, 0) is 6.54 Å². The summed E-state index contributed by atoms with van der Waals surface area (Å²) in [6, 6.07) is 5.43. The van der Waals surface area contributed by atoms with E-state index in [1.54, 1.807) is 12.1 Å². The molecule has 1 aliphatic carbocycles. The molecule has 0 heterocycles. The van der Waals surface area contributed by atoms with Crippen LogP contribution in [0.2, 0.25) is 0 Å². The lowest BCUT2D eigenvalue weighted by atomic mass is 10.1. The number of rotatable bonds is 6. The average Bonchev–Trinajstić information content (AvgIpc) is 2.93. The molecule has 3 nitrogen and oxygen atoms in total. The quantitative estimate of drug-likeness (QED) is 0.819. The van der Waals surface area contributed by atoms with Gasteiger partial charge < -0.3 is 10.5 Å². The normalized spacial score (nSPS) is 15.8. The number of halogens is 1. The molecule has 0 amide bonds. The van der Waals surface area contributed by atoms with Crippen molar-refractivity contribution in [3.8, 4) is 5.75 Å². The molecule has 1 aliphatic rings. The van der Waals surface area contributed by atoms with Crippen LogP contribution in [0.25, 0.3) is 0 Å². The summed E-state index contributed by atoms with van der Waals surface area (Å²) in [4.78, 5) is 2.66. The van der Waals surface area contributed by atoms with Gasteiger partial charge in [-0.25, -0.2) is 4.39 Å². The maximum absolute atomic E-state index is 14.1. The van der Waals surface area contributed by atoms with Gasteiger partial charge in [-0.05, 0) is 18.9 Å². The third kappa shape index (κ3) is 3.90. The summed E-state index contributed by atoms with van der Waals surface area (Å²) >= 11 is 5.02. The summed E-state index contributed by atoms with van der Waals surface area (Å²) in [6.45, 7) is 1.09. The molecular weight excluding hydrogens is 275 g/mol. The molecule has 0 spiro atoms. The van der Waals surface area contributed by atoms with Crippen molar-refractivity contribution >= 4 is 17.2 Å². The maximum atomic E-state index is 14.1. The summed E-state index contributed by atoms with van der Waals surface area (Å²) < 4.78 is 19.1. The molecule has 20 heavy (non-hydrogen) atoms. The van der Waals surface area contributed by atoms with Gasteiger partial charge in [0.25, 0.3) is 0 Å². The minimum absolute atomic E-state index is 0.240. The van der Waals surface area contributed by atoms with Gasteiger partial charge in [-0.2, -0.15) is 0 Å². The second-order valence-electron chi connectivity index (χ2n) is 5.27. The van der Waals surface area contributed by atoms with Gasteiger partial charge in [-0.1, -0.05) is 31.1 Å². The van der Waals surface area contributed by atoms with Crippen molar-refractivity contribution < 1.29 is 9.13 Å². The molecule has 1 aromatic rings. The van der Waals surface area contributed by atoms with Gasteiger partial charge in [0.15, 0.2) is 0 Å². The highest BCUT2D eigenvalue weighted by molar-refractivity contribution is 7.80. The van der Waals surface area contributed by atoms with Crippen molar-refractivity contribution in [2.45, 2.75) is 38.3 Å². The minimum Gasteiger partial charge on any atom is -0.497 e. The average molecular weight is 296 g/mol. The number of hydrogen-bond donors (Lipinski definition) is 1. The van der Waals surface area contributed by atoms with Crippen LogP contribution < -0.4 is 10.5 Å². The predicted octanol–water partition coefficient (Wildman–Crippen LogP) is 2.87. The van der Waals surface area contributed by atoms with Crippen LogP contribution in [0.15, 0.2) is 18.2 Å². The SMILES string of the molecule is COc1ccc(CN(CC(N)=S)C2CCCC2)c(F)c1. The van der Waals surface area contributed by atoms with Crippen LogP contribution >= 0.6 is 12.2 Å². The van der Waals surface area contributed by atoms with E-state index >= 15 is 0 Å². The Morgan fingerprint density at radius 1 is 1.45 bits per heavy atom. The van der Waals surface area contributed by atoms with E-state index in [1.165, 1.54) is 26.0 Å². The number of methoxy groups -OCH3 is 1. The smallest absolute Gasteiger partial charge is 0.131 e. The Hall–Kier alpha value is -1.20. The van der Waals surface area contributed by atoms with Crippen LogP contribution in [0, 0.1) is 5.82 Å². The molecule has 1 fully saturated rings. The van der Waals surface area contributed by atoms with Gasteiger partial charge in [0, 0.05) is 30.8 Å². The summed E-state index contributed by atoms with van der Waals surface area (Å²) in [5.74, 6) is 0.295. The van der Waals surface area contributed by atoms with E-state index in [4.69, 9.17) is 22.7 Å². The molecule has 2 rings (SSSR count). The highest BCUT2D eigenvalue weighted by Gasteiger charge is 2.23. The Morgan fingerprint density at radius 2 is 2.15 bits per heavy atom. The van der Waals surface area contributed by atoms with E-state index in [0.29, 0.717) is 35.4 Å².